The van der Waals surface area contributed by atoms with Gasteiger partial charge in [-0.15, -0.1) is 0 Å². The van der Waals surface area contributed by atoms with Crippen LogP contribution in [-0.4, -0.2) is 63.5 Å². The summed E-state index contributed by atoms with van der Waals surface area (Å²) in [6.07, 6.45) is 1.51. The third-order valence-corrected chi connectivity index (χ3v) is 5.02. The summed E-state index contributed by atoms with van der Waals surface area (Å²) in [6.45, 7) is 5.90. The number of amides is 1. The van der Waals surface area contributed by atoms with Crippen molar-refractivity contribution in [3.05, 3.63) is 52.4 Å². The van der Waals surface area contributed by atoms with Gasteiger partial charge < -0.3 is 29.6 Å². The molecule has 0 bridgehead atoms. The summed E-state index contributed by atoms with van der Waals surface area (Å²) in [5.41, 5.74) is 2.41. The van der Waals surface area contributed by atoms with Crippen molar-refractivity contribution >= 4 is 23.0 Å². The maximum Gasteiger partial charge on any atom is 0.261 e. The molecule has 1 aromatic heterocycles. The number of aromatic nitrogens is 1. The number of nitrogens with zero attached hydrogens (tertiary/aromatic N) is 2. The van der Waals surface area contributed by atoms with Crippen LogP contribution >= 0.6 is 0 Å². The Kier molecular flexibility index (Phi) is 5.59. The van der Waals surface area contributed by atoms with E-state index in [0.717, 1.165) is 37.6 Å². The summed E-state index contributed by atoms with van der Waals surface area (Å²) in [7, 11) is 0. The monoisotopic (exact) mass is 384 g/mol. The van der Waals surface area contributed by atoms with Crippen LogP contribution in [0.3, 0.4) is 0 Å². The normalized spacial score (nSPS) is 17.4. The first-order chi connectivity index (χ1) is 13.7. The fraction of sp³-hybridized carbons (Fsp3) is 0.400. The molecule has 3 heterocycles. The van der Waals surface area contributed by atoms with Gasteiger partial charge >= 0.3 is 0 Å². The van der Waals surface area contributed by atoms with E-state index in [-0.39, 0.29) is 5.56 Å². The van der Waals surface area contributed by atoms with E-state index >= 15 is 0 Å². The van der Waals surface area contributed by atoms with Gasteiger partial charge in [0.2, 0.25) is 0 Å². The molecule has 1 amide bonds. The standard InChI is InChI=1S/C20H24N4O4/c25-19-16(2-1-5-21-19)20(26)22-17-4-3-15(23-6-10-27-11-7-23)14-18(17)24-8-12-28-13-9-24/h1-5,14H,6-13H2,(H,21,25)(H,22,26). The molecule has 1 aromatic carbocycles. The van der Waals surface area contributed by atoms with E-state index in [2.05, 4.69) is 26.2 Å². The number of hydrogen-bond acceptors (Lipinski definition) is 6. The van der Waals surface area contributed by atoms with Crippen molar-refractivity contribution < 1.29 is 14.3 Å². The van der Waals surface area contributed by atoms with Crippen LogP contribution in [0, 0.1) is 0 Å². The van der Waals surface area contributed by atoms with E-state index in [1.54, 1.807) is 6.07 Å². The molecule has 0 aliphatic carbocycles. The average molecular weight is 384 g/mol. The number of pyridine rings is 1. The molecule has 4 rings (SSSR count). The van der Waals surface area contributed by atoms with E-state index < -0.39 is 11.5 Å². The van der Waals surface area contributed by atoms with Gasteiger partial charge in [0, 0.05) is 38.1 Å². The highest BCUT2D eigenvalue weighted by Gasteiger charge is 2.20. The first-order valence-electron chi connectivity index (χ1n) is 9.51. The third kappa shape index (κ3) is 4.02. The predicted octanol–water partition coefficient (Wildman–Crippen LogP) is 1.30. The molecule has 2 aliphatic rings. The lowest BCUT2D eigenvalue weighted by Crippen LogP contribution is -2.38. The number of rotatable bonds is 4. The second-order valence-electron chi connectivity index (χ2n) is 6.77. The van der Waals surface area contributed by atoms with Crippen molar-refractivity contribution in [3.63, 3.8) is 0 Å². The van der Waals surface area contributed by atoms with Gasteiger partial charge in [0.1, 0.15) is 5.56 Å². The van der Waals surface area contributed by atoms with Crippen LogP contribution in [-0.2, 0) is 9.47 Å². The molecule has 0 radical (unpaired) electrons. The lowest BCUT2D eigenvalue weighted by molar-refractivity contribution is 0.102. The fourth-order valence-electron chi connectivity index (χ4n) is 3.50. The molecule has 2 N–H and O–H groups in total. The van der Waals surface area contributed by atoms with Gasteiger partial charge in [-0.05, 0) is 30.3 Å². The summed E-state index contributed by atoms with van der Waals surface area (Å²) in [4.78, 5) is 31.6. The van der Waals surface area contributed by atoms with Gasteiger partial charge in [-0.3, -0.25) is 9.59 Å². The zero-order chi connectivity index (χ0) is 19.3. The smallest absolute Gasteiger partial charge is 0.261 e. The first-order valence-corrected chi connectivity index (χ1v) is 9.51. The largest absolute Gasteiger partial charge is 0.378 e. The van der Waals surface area contributed by atoms with Gasteiger partial charge in [0.25, 0.3) is 11.5 Å². The molecule has 2 aliphatic heterocycles. The second-order valence-corrected chi connectivity index (χ2v) is 6.77. The Hall–Kier alpha value is -2.84. The molecule has 148 valence electrons. The summed E-state index contributed by atoms with van der Waals surface area (Å²) < 4.78 is 10.9. The summed E-state index contributed by atoms with van der Waals surface area (Å²) >= 11 is 0. The lowest BCUT2D eigenvalue weighted by Gasteiger charge is -2.33. The molecule has 2 aromatic rings. The number of carbonyl (C=O) groups excluding carboxylic acids is 1. The Labute approximate surface area is 163 Å². The van der Waals surface area contributed by atoms with Crippen LogP contribution in [0.25, 0.3) is 0 Å². The zero-order valence-corrected chi connectivity index (χ0v) is 15.6. The van der Waals surface area contributed by atoms with Crippen molar-refractivity contribution in [3.8, 4) is 0 Å². The summed E-state index contributed by atoms with van der Waals surface area (Å²) in [5, 5.41) is 2.91. The Bertz CT molecular complexity index is 886. The van der Waals surface area contributed by atoms with E-state index in [9.17, 15) is 9.59 Å². The van der Waals surface area contributed by atoms with Gasteiger partial charge in [0.15, 0.2) is 0 Å². The molecule has 28 heavy (non-hydrogen) atoms. The number of nitrogens with one attached hydrogen (secondary N) is 2. The van der Waals surface area contributed by atoms with Crippen LogP contribution in [0.15, 0.2) is 41.3 Å². The molecule has 0 unspecified atom stereocenters. The summed E-state index contributed by atoms with van der Waals surface area (Å²) in [6, 6.07) is 9.16. The highest BCUT2D eigenvalue weighted by molar-refractivity contribution is 6.06. The number of benzene rings is 1. The molecular formula is C20H24N4O4. The molecule has 2 fully saturated rings. The maximum atomic E-state index is 12.7. The summed E-state index contributed by atoms with van der Waals surface area (Å²) in [5.74, 6) is -0.421. The van der Waals surface area contributed by atoms with E-state index in [4.69, 9.17) is 9.47 Å². The maximum absolute atomic E-state index is 12.7. The Morgan fingerprint density at radius 2 is 1.64 bits per heavy atom. The predicted molar refractivity (Wildman–Crippen MR) is 108 cm³/mol. The quantitative estimate of drug-likeness (QED) is 0.826. The Balaban J connectivity index is 1.64. The number of hydrogen-bond donors (Lipinski definition) is 2. The van der Waals surface area contributed by atoms with Crippen molar-refractivity contribution in [2.75, 3.05) is 67.7 Å². The van der Waals surface area contributed by atoms with Crippen molar-refractivity contribution in [1.82, 2.24) is 4.98 Å². The Morgan fingerprint density at radius 3 is 2.32 bits per heavy atom. The molecule has 2 saturated heterocycles. The van der Waals surface area contributed by atoms with E-state index in [1.807, 2.05) is 12.1 Å². The topological polar surface area (TPSA) is 86.9 Å². The minimum absolute atomic E-state index is 0.0904. The highest BCUT2D eigenvalue weighted by atomic mass is 16.5. The van der Waals surface area contributed by atoms with Crippen molar-refractivity contribution in [2.45, 2.75) is 0 Å². The van der Waals surface area contributed by atoms with E-state index in [1.165, 1.54) is 12.3 Å². The van der Waals surface area contributed by atoms with Gasteiger partial charge in [-0.25, -0.2) is 0 Å². The lowest BCUT2D eigenvalue weighted by atomic mass is 10.1. The number of ether oxygens (including phenoxy) is 2. The van der Waals surface area contributed by atoms with Crippen LogP contribution in [0.4, 0.5) is 17.1 Å². The van der Waals surface area contributed by atoms with Gasteiger partial charge in [0.05, 0.1) is 37.8 Å². The number of morpholine rings is 2. The third-order valence-electron chi connectivity index (χ3n) is 5.02. The van der Waals surface area contributed by atoms with Gasteiger partial charge in [-0.1, -0.05) is 0 Å². The second kappa shape index (κ2) is 8.45. The number of anilines is 3. The van der Waals surface area contributed by atoms with Gasteiger partial charge in [-0.2, -0.15) is 0 Å². The van der Waals surface area contributed by atoms with E-state index in [0.29, 0.717) is 32.1 Å². The fourth-order valence-corrected chi connectivity index (χ4v) is 3.50. The number of H-pyrrole nitrogens is 1. The van der Waals surface area contributed by atoms with Crippen LogP contribution in [0.2, 0.25) is 0 Å². The Morgan fingerprint density at radius 1 is 0.964 bits per heavy atom. The van der Waals surface area contributed by atoms with Crippen LogP contribution in [0.5, 0.6) is 0 Å². The number of aromatic amines is 1. The minimum atomic E-state index is -0.421. The SMILES string of the molecule is O=C(Nc1ccc(N2CCOCC2)cc1N1CCOCC1)c1ccc[nH]c1=O. The minimum Gasteiger partial charge on any atom is -0.378 e. The number of carbonyl (C=O) groups is 1. The molecule has 8 nitrogen and oxygen atoms in total. The molecule has 0 spiro atoms. The zero-order valence-electron chi connectivity index (χ0n) is 15.6. The first kappa shape index (κ1) is 18.5. The molecule has 0 saturated carbocycles. The van der Waals surface area contributed by atoms with Crippen molar-refractivity contribution in [2.24, 2.45) is 0 Å². The van der Waals surface area contributed by atoms with Crippen LogP contribution < -0.4 is 20.7 Å². The van der Waals surface area contributed by atoms with Crippen LogP contribution in [0.1, 0.15) is 10.4 Å². The highest BCUT2D eigenvalue weighted by Crippen LogP contribution is 2.32. The van der Waals surface area contributed by atoms with Crippen molar-refractivity contribution in [1.29, 1.82) is 0 Å². The molecule has 0 atom stereocenters. The molecular weight excluding hydrogens is 360 g/mol. The average Bonchev–Trinajstić information content (AvgIpc) is 2.75. The molecule has 8 heteroatoms.